The lowest BCUT2D eigenvalue weighted by molar-refractivity contribution is -0.0871. The van der Waals surface area contributed by atoms with E-state index < -0.39 is 5.60 Å². The average molecular weight is 429 g/mol. The van der Waals surface area contributed by atoms with Crippen molar-refractivity contribution >= 4 is 11.7 Å². The van der Waals surface area contributed by atoms with Crippen molar-refractivity contribution in [3.8, 4) is 5.88 Å². The third-order valence-electron chi connectivity index (χ3n) is 5.97. The van der Waals surface area contributed by atoms with E-state index in [1.54, 1.807) is 18.3 Å². The van der Waals surface area contributed by atoms with E-state index >= 15 is 0 Å². The van der Waals surface area contributed by atoms with Gasteiger partial charge in [0.05, 0.1) is 24.5 Å². The molecule has 8 nitrogen and oxygen atoms in total. The molecule has 0 aromatic carbocycles. The zero-order chi connectivity index (χ0) is 21.8. The van der Waals surface area contributed by atoms with E-state index in [-0.39, 0.29) is 11.7 Å². The number of hydrogen-bond acceptors (Lipinski definition) is 7. The van der Waals surface area contributed by atoms with Crippen molar-refractivity contribution in [3.63, 3.8) is 0 Å². The maximum Gasteiger partial charge on any atom is 0.259 e. The van der Waals surface area contributed by atoms with Crippen molar-refractivity contribution in [2.45, 2.75) is 38.7 Å². The van der Waals surface area contributed by atoms with Crippen LogP contribution in [0.15, 0.2) is 24.7 Å². The lowest BCUT2D eigenvalue weighted by atomic mass is 9.89. The number of nitrogens with zero attached hydrogens (tertiary/aromatic N) is 5. The number of rotatable bonds is 5. The molecule has 2 saturated heterocycles. The molecular weight excluding hydrogens is 401 g/mol. The summed E-state index contributed by atoms with van der Waals surface area (Å²) in [6.45, 7) is 6.92. The molecular formula is C22H28FN5O3. The minimum atomic E-state index is -0.420. The average Bonchev–Trinajstić information content (AvgIpc) is 2.80. The Bertz CT molecular complexity index is 933. The van der Waals surface area contributed by atoms with Crippen LogP contribution in [0.4, 0.5) is 10.2 Å². The van der Waals surface area contributed by atoms with E-state index in [9.17, 15) is 9.18 Å². The predicted molar refractivity (Wildman–Crippen MR) is 113 cm³/mol. The molecule has 2 aromatic heterocycles. The molecule has 2 aliphatic heterocycles. The van der Waals surface area contributed by atoms with Gasteiger partial charge >= 0.3 is 0 Å². The van der Waals surface area contributed by atoms with Crippen LogP contribution in [0.2, 0.25) is 0 Å². The third-order valence-corrected chi connectivity index (χ3v) is 5.97. The summed E-state index contributed by atoms with van der Waals surface area (Å²) >= 11 is 0. The molecule has 0 unspecified atom stereocenters. The van der Waals surface area contributed by atoms with Crippen LogP contribution in [0.25, 0.3) is 0 Å². The number of anilines is 1. The van der Waals surface area contributed by atoms with Gasteiger partial charge in [-0.05, 0) is 38.3 Å². The second-order valence-corrected chi connectivity index (χ2v) is 7.85. The lowest BCUT2D eigenvalue weighted by Gasteiger charge is -2.47. The highest BCUT2D eigenvalue weighted by Crippen LogP contribution is 2.33. The van der Waals surface area contributed by atoms with Crippen LogP contribution in [0.5, 0.6) is 5.88 Å². The van der Waals surface area contributed by atoms with Gasteiger partial charge < -0.3 is 19.3 Å². The van der Waals surface area contributed by atoms with Gasteiger partial charge in [0.2, 0.25) is 5.88 Å². The molecule has 0 atom stereocenters. The van der Waals surface area contributed by atoms with Crippen molar-refractivity contribution in [2.24, 2.45) is 0 Å². The summed E-state index contributed by atoms with van der Waals surface area (Å²) in [5.41, 5.74) is 0.477. The van der Waals surface area contributed by atoms with E-state index in [1.807, 2.05) is 23.6 Å². The number of likely N-dealkylation sites (tertiary alicyclic amines) is 1. The van der Waals surface area contributed by atoms with E-state index in [1.165, 1.54) is 6.33 Å². The van der Waals surface area contributed by atoms with Crippen LogP contribution in [-0.2, 0) is 11.2 Å². The number of ether oxygens (including phenoxy) is 2. The van der Waals surface area contributed by atoms with E-state index in [0.717, 1.165) is 0 Å². The third kappa shape index (κ3) is 4.32. The molecule has 0 saturated carbocycles. The molecule has 0 N–H and O–H groups in total. The Labute approximate surface area is 181 Å². The summed E-state index contributed by atoms with van der Waals surface area (Å²) < 4.78 is 26.5. The summed E-state index contributed by atoms with van der Waals surface area (Å²) in [7, 11) is 0. The largest absolute Gasteiger partial charge is 0.477 e. The fourth-order valence-electron chi connectivity index (χ4n) is 4.28. The van der Waals surface area contributed by atoms with E-state index in [4.69, 9.17) is 9.47 Å². The number of aryl methyl sites for hydroxylation is 1. The molecule has 9 heteroatoms. The van der Waals surface area contributed by atoms with Gasteiger partial charge in [0.25, 0.3) is 5.91 Å². The number of pyridine rings is 1. The summed E-state index contributed by atoms with van der Waals surface area (Å²) in [6, 6.07) is 3.48. The Morgan fingerprint density at radius 2 is 2.03 bits per heavy atom. The van der Waals surface area contributed by atoms with Crippen molar-refractivity contribution in [1.82, 2.24) is 19.9 Å². The lowest BCUT2D eigenvalue weighted by Crippen LogP contribution is -2.58. The molecule has 0 radical (unpaired) electrons. The molecule has 4 heterocycles. The highest BCUT2D eigenvalue weighted by atomic mass is 19.1. The monoisotopic (exact) mass is 429 g/mol. The Morgan fingerprint density at radius 1 is 1.23 bits per heavy atom. The maximum absolute atomic E-state index is 14.8. The molecule has 0 aliphatic carbocycles. The second-order valence-electron chi connectivity index (χ2n) is 7.85. The normalized spacial score (nSPS) is 18.3. The van der Waals surface area contributed by atoms with Crippen LogP contribution in [0.1, 0.15) is 42.7 Å². The van der Waals surface area contributed by atoms with Crippen LogP contribution in [0, 0.1) is 5.82 Å². The standard InChI is InChI=1S/C22H28FN5O3/c1-3-17-18(23)19(26-15-25-17)28-12-13-31-22(14-28)7-10-27(11-8-22)21(29)16-6-5-9-24-20(16)30-4-2/h5-6,9,15H,3-4,7-8,10-14H2,1-2H3. The molecule has 1 amide bonds. The fourth-order valence-corrected chi connectivity index (χ4v) is 4.28. The van der Waals surface area contributed by atoms with Crippen LogP contribution in [0.3, 0.4) is 0 Å². The quantitative estimate of drug-likeness (QED) is 0.722. The highest BCUT2D eigenvalue weighted by Gasteiger charge is 2.42. The Hall–Kier alpha value is -2.81. The molecule has 2 aromatic rings. The Morgan fingerprint density at radius 3 is 2.77 bits per heavy atom. The summed E-state index contributed by atoms with van der Waals surface area (Å²) in [6.07, 6.45) is 4.91. The smallest absolute Gasteiger partial charge is 0.259 e. The zero-order valence-corrected chi connectivity index (χ0v) is 18.0. The molecule has 2 fully saturated rings. The van der Waals surface area contributed by atoms with Gasteiger partial charge in [-0.25, -0.2) is 19.3 Å². The highest BCUT2D eigenvalue weighted by molar-refractivity contribution is 5.96. The number of aromatic nitrogens is 3. The van der Waals surface area contributed by atoms with Crippen LogP contribution in [-0.4, -0.2) is 70.8 Å². The van der Waals surface area contributed by atoms with Gasteiger partial charge in [0.1, 0.15) is 11.9 Å². The second kappa shape index (κ2) is 9.13. The van der Waals surface area contributed by atoms with E-state index in [2.05, 4.69) is 15.0 Å². The van der Waals surface area contributed by atoms with Gasteiger partial charge in [-0.2, -0.15) is 0 Å². The van der Waals surface area contributed by atoms with Crippen molar-refractivity contribution < 1.29 is 18.7 Å². The first-order valence-electron chi connectivity index (χ1n) is 10.8. The molecule has 2 aliphatic rings. The molecule has 4 rings (SSSR count). The van der Waals surface area contributed by atoms with Crippen molar-refractivity contribution in [3.05, 3.63) is 41.7 Å². The summed E-state index contributed by atoms with van der Waals surface area (Å²) in [4.78, 5) is 29.2. The zero-order valence-electron chi connectivity index (χ0n) is 18.0. The topological polar surface area (TPSA) is 80.7 Å². The van der Waals surface area contributed by atoms with Gasteiger partial charge in [-0.3, -0.25) is 4.79 Å². The minimum Gasteiger partial charge on any atom is -0.477 e. The first-order chi connectivity index (χ1) is 15.1. The molecule has 1 spiro atoms. The first-order valence-corrected chi connectivity index (χ1v) is 10.8. The predicted octanol–water partition coefficient (Wildman–Crippen LogP) is 2.48. The number of carbonyl (C=O) groups is 1. The minimum absolute atomic E-state index is 0.0894. The van der Waals surface area contributed by atoms with Crippen LogP contribution < -0.4 is 9.64 Å². The molecule has 0 bridgehead atoms. The Kier molecular flexibility index (Phi) is 6.31. The molecule has 166 valence electrons. The number of carbonyl (C=O) groups excluding carboxylic acids is 1. The van der Waals surface area contributed by atoms with Crippen molar-refractivity contribution in [2.75, 3.05) is 44.3 Å². The summed E-state index contributed by atoms with van der Waals surface area (Å²) in [5, 5.41) is 0. The van der Waals surface area contributed by atoms with Crippen LogP contribution >= 0.6 is 0 Å². The number of amides is 1. The van der Waals surface area contributed by atoms with E-state index in [0.29, 0.717) is 81.6 Å². The fraction of sp³-hybridized carbons (Fsp3) is 0.545. The molecule has 31 heavy (non-hydrogen) atoms. The van der Waals surface area contributed by atoms with Gasteiger partial charge in [0.15, 0.2) is 11.6 Å². The maximum atomic E-state index is 14.8. The summed E-state index contributed by atoms with van der Waals surface area (Å²) in [5.74, 6) is 0.259. The number of morpholine rings is 1. The first kappa shape index (κ1) is 21.4. The Balaban J connectivity index is 1.45. The SMILES string of the molecule is CCOc1ncccc1C(=O)N1CCC2(CC1)CN(c1ncnc(CC)c1F)CCO2. The van der Waals surface area contributed by atoms with Gasteiger partial charge in [-0.1, -0.05) is 6.92 Å². The van der Waals surface area contributed by atoms with Gasteiger partial charge in [0, 0.05) is 32.4 Å². The number of piperidine rings is 1. The van der Waals surface area contributed by atoms with Crippen molar-refractivity contribution in [1.29, 1.82) is 0 Å². The number of halogens is 1. The number of hydrogen-bond donors (Lipinski definition) is 0. The van der Waals surface area contributed by atoms with Gasteiger partial charge in [-0.15, -0.1) is 0 Å².